The van der Waals surface area contributed by atoms with Crippen molar-refractivity contribution >= 4 is 17.4 Å². The predicted molar refractivity (Wildman–Crippen MR) is 80.7 cm³/mol. The summed E-state index contributed by atoms with van der Waals surface area (Å²) in [7, 11) is 0. The smallest absolute Gasteiger partial charge is 0.237 e. The zero-order valence-electron chi connectivity index (χ0n) is 12.6. The molecule has 0 bridgehead atoms. The molecule has 0 saturated carbocycles. The molecule has 0 aliphatic carbocycles. The van der Waals surface area contributed by atoms with E-state index in [4.69, 9.17) is 0 Å². The van der Waals surface area contributed by atoms with E-state index in [-0.39, 0.29) is 17.6 Å². The molecule has 108 valence electrons. The van der Waals surface area contributed by atoms with Crippen molar-refractivity contribution in [3.63, 3.8) is 0 Å². The summed E-state index contributed by atoms with van der Waals surface area (Å²) in [5, 5.41) is 0. The highest BCUT2D eigenvalue weighted by molar-refractivity contribution is 6.09. The van der Waals surface area contributed by atoms with Gasteiger partial charge in [-0.15, -0.1) is 0 Å². The van der Waals surface area contributed by atoms with Crippen molar-refractivity contribution in [3.05, 3.63) is 29.8 Å². The summed E-state index contributed by atoms with van der Waals surface area (Å²) in [6.45, 7) is 6.56. The molecule has 0 N–H and O–H groups in total. The number of carbonyl (C=O) groups is 2. The monoisotopic (exact) mass is 273 g/mol. The number of rotatable bonds is 4. The number of carbonyl (C=O) groups excluding carboxylic acids is 2. The molecule has 1 aliphatic heterocycles. The normalized spacial score (nSPS) is 19.5. The fourth-order valence-corrected chi connectivity index (χ4v) is 2.71. The summed E-state index contributed by atoms with van der Waals surface area (Å²) in [6, 6.07) is 8.07. The molecule has 1 amide bonds. The molecule has 3 nitrogen and oxygen atoms in total. The SMILES string of the molecule is CCc1ccc(N2CCC[C@H](C(=O)C(C)C)C2=O)cc1. The summed E-state index contributed by atoms with van der Waals surface area (Å²) in [4.78, 5) is 26.4. The van der Waals surface area contributed by atoms with E-state index >= 15 is 0 Å². The van der Waals surface area contributed by atoms with Crippen molar-refractivity contribution < 1.29 is 9.59 Å². The van der Waals surface area contributed by atoms with Crippen LogP contribution < -0.4 is 4.90 Å². The van der Waals surface area contributed by atoms with Gasteiger partial charge in [-0.25, -0.2) is 0 Å². The van der Waals surface area contributed by atoms with E-state index < -0.39 is 5.92 Å². The lowest BCUT2D eigenvalue weighted by Crippen LogP contribution is -2.45. The van der Waals surface area contributed by atoms with Crippen LogP contribution in [0.2, 0.25) is 0 Å². The maximum atomic E-state index is 12.5. The molecule has 1 aliphatic rings. The summed E-state index contributed by atoms with van der Waals surface area (Å²) < 4.78 is 0. The number of hydrogen-bond acceptors (Lipinski definition) is 2. The highest BCUT2D eigenvalue weighted by atomic mass is 16.2. The molecule has 1 aromatic carbocycles. The Kier molecular flexibility index (Phi) is 4.58. The quantitative estimate of drug-likeness (QED) is 0.790. The van der Waals surface area contributed by atoms with Gasteiger partial charge in [0.1, 0.15) is 5.78 Å². The minimum Gasteiger partial charge on any atom is -0.312 e. The molecule has 2 rings (SSSR count). The number of Topliss-reactive ketones (excluding diaryl/α,β-unsaturated/α-hetero) is 1. The number of anilines is 1. The first-order chi connectivity index (χ1) is 9.54. The summed E-state index contributed by atoms with van der Waals surface area (Å²) in [6.07, 6.45) is 2.58. The van der Waals surface area contributed by atoms with E-state index in [1.165, 1.54) is 5.56 Å². The Bertz CT molecular complexity index is 490. The average molecular weight is 273 g/mol. The molecule has 0 aromatic heterocycles. The third-order valence-electron chi connectivity index (χ3n) is 4.01. The maximum absolute atomic E-state index is 12.5. The van der Waals surface area contributed by atoms with Crippen LogP contribution in [0, 0.1) is 11.8 Å². The van der Waals surface area contributed by atoms with Crippen LogP contribution >= 0.6 is 0 Å². The third kappa shape index (κ3) is 2.92. The second-order valence-corrected chi connectivity index (χ2v) is 5.76. The standard InChI is InChI=1S/C17H23NO2/c1-4-13-7-9-14(10-8-13)18-11-5-6-15(17(18)20)16(19)12(2)3/h7-10,12,15H,4-6,11H2,1-3H3/t15-/m1/s1. The lowest BCUT2D eigenvalue weighted by molar-refractivity contribution is -0.135. The number of nitrogens with zero attached hydrogens (tertiary/aromatic N) is 1. The van der Waals surface area contributed by atoms with Gasteiger partial charge in [0.15, 0.2) is 0 Å². The van der Waals surface area contributed by atoms with Gasteiger partial charge < -0.3 is 4.90 Å². The first-order valence-electron chi connectivity index (χ1n) is 7.48. The number of amides is 1. The van der Waals surface area contributed by atoms with Gasteiger partial charge in [-0.2, -0.15) is 0 Å². The van der Waals surface area contributed by atoms with Crippen molar-refractivity contribution in [2.45, 2.75) is 40.0 Å². The Morgan fingerprint density at radius 1 is 1.30 bits per heavy atom. The molecule has 3 heteroatoms. The molecule has 1 heterocycles. The molecule has 20 heavy (non-hydrogen) atoms. The minimum absolute atomic E-state index is 0.0285. The van der Waals surface area contributed by atoms with Crippen molar-refractivity contribution in [2.24, 2.45) is 11.8 Å². The van der Waals surface area contributed by atoms with Crippen LogP contribution in [-0.4, -0.2) is 18.2 Å². The van der Waals surface area contributed by atoms with Gasteiger partial charge in [-0.3, -0.25) is 9.59 Å². The number of piperidine rings is 1. The van der Waals surface area contributed by atoms with E-state index in [9.17, 15) is 9.59 Å². The van der Waals surface area contributed by atoms with Gasteiger partial charge in [-0.1, -0.05) is 32.9 Å². The van der Waals surface area contributed by atoms with Gasteiger partial charge in [0.2, 0.25) is 5.91 Å². The number of aryl methyl sites for hydroxylation is 1. The van der Waals surface area contributed by atoms with Crippen LogP contribution in [0.4, 0.5) is 5.69 Å². The fraction of sp³-hybridized carbons (Fsp3) is 0.529. The van der Waals surface area contributed by atoms with Gasteiger partial charge >= 0.3 is 0 Å². The minimum atomic E-state index is -0.449. The topological polar surface area (TPSA) is 37.4 Å². The van der Waals surface area contributed by atoms with Crippen LogP contribution in [0.3, 0.4) is 0 Å². The second kappa shape index (κ2) is 6.21. The molecule has 1 fully saturated rings. The van der Waals surface area contributed by atoms with Crippen LogP contribution in [0.15, 0.2) is 24.3 Å². The molecule has 1 atom stereocenters. The summed E-state index contributed by atoms with van der Waals surface area (Å²) in [5.74, 6) is -0.481. The van der Waals surface area contributed by atoms with Crippen molar-refractivity contribution in [1.29, 1.82) is 0 Å². The lowest BCUT2D eigenvalue weighted by atomic mass is 9.87. The Hall–Kier alpha value is -1.64. The average Bonchev–Trinajstić information content (AvgIpc) is 2.47. The third-order valence-corrected chi connectivity index (χ3v) is 4.01. The Balaban J connectivity index is 2.19. The van der Waals surface area contributed by atoms with Gasteiger partial charge in [0.05, 0.1) is 5.92 Å². The molecule has 0 spiro atoms. The van der Waals surface area contributed by atoms with E-state index in [1.807, 2.05) is 26.0 Å². The van der Waals surface area contributed by atoms with E-state index in [0.717, 1.165) is 18.5 Å². The summed E-state index contributed by atoms with van der Waals surface area (Å²) in [5.41, 5.74) is 2.17. The zero-order valence-corrected chi connectivity index (χ0v) is 12.6. The molecule has 1 saturated heterocycles. The van der Waals surface area contributed by atoms with Crippen molar-refractivity contribution in [2.75, 3.05) is 11.4 Å². The van der Waals surface area contributed by atoms with Crippen molar-refractivity contribution in [1.82, 2.24) is 0 Å². The highest BCUT2D eigenvalue weighted by Gasteiger charge is 2.35. The van der Waals surface area contributed by atoms with Crippen LogP contribution in [0.5, 0.6) is 0 Å². The summed E-state index contributed by atoms with van der Waals surface area (Å²) >= 11 is 0. The van der Waals surface area contributed by atoms with Gasteiger partial charge in [0, 0.05) is 18.2 Å². The predicted octanol–water partition coefficient (Wildman–Crippen LogP) is 3.22. The van der Waals surface area contributed by atoms with Crippen molar-refractivity contribution in [3.8, 4) is 0 Å². The largest absolute Gasteiger partial charge is 0.312 e. The van der Waals surface area contributed by atoms with E-state index in [1.54, 1.807) is 4.90 Å². The zero-order chi connectivity index (χ0) is 14.7. The number of ketones is 1. The first kappa shape index (κ1) is 14.8. The maximum Gasteiger partial charge on any atom is 0.237 e. The van der Waals surface area contributed by atoms with Gasteiger partial charge in [0.25, 0.3) is 0 Å². The number of benzene rings is 1. The lowest BCUT2D eigenvalue weighted by Gasteiger charge is -2.32. The highest BCUT2D eigenvalue weighted by Crippen LogP contribution is 2.27. The molecular weight excluding hydrogens is 250 g/mol. The van der Waals surface area contributed by atoms with Crippen LogP contribution in [0.25, 0.3) is 0 Å². The molecular formula is C17H23NO2. The Morgan fingerprint density at radius 3 is 2.50 bits per heavy atom. The molecule has 0 unspecified atom stereocenters. The van der Waals surface area contributed by atoms with E-state index in [0.29, 0.717) is 13.0 Å². The Labute approximate surface area is 121 Å². The first-order valence-corrected chi connectivity index (χ1v) is 7.48. The van der Waals surface area contributed by atoms with Crippen LogP contribution in [-0.2, 0) is 16.0 Å². The Morgan fingerprint density at radius 2 is 1.95 bits per heavy atom. The van der Waals surface area contributed by atoms with E-state index in [2.05, 4.69) is 19.1 Å². The second-order valence-electron chi connectivity index (χ2n) is 5.76. The van der Waals surface area contributed by atoms with Gasteiger partial charge in [-0.05, 0) is 37.0 Å². The molecule has 0 radical (unpaired) electrons. The number of hydrogen-bond donors (Lipinski definition) is 0. The fourth-order valence-electron chi connectivity index (χ4n) is 2.71. The van der Waals surface area contributed by atoms with Crippen LogP contribution in [0.1, 0.15) is 39.2 Å². The molecule has 1 aromatic rings.